The number of anilines is 1. The molecule has 0 aliphatic heterocycles. The summed E-state index contributed by atoms with van der Waals surface area (Å²) in [5.74, 6) is 0.669. The third-order valence-corrected chi connectivity index (χ3v) is 3.12. The summed E-state index contributed by atoms with van der Waals surface area (Å²) in [5.41, 5.74) is 2.67. The maximum absolute atomic E-state index is 3.48. The third-order valence-electron chi connectivity index (χ3n) is 3.12. The van der Waals surface area contributed by atoms with Gasteiger partial charge in [0.25, 0.3) is 0 Å². The fourth-order valence-electron chi connectivity index (χ4n) is 1.53. The molecular formula is C14H23N. The predicted octanol–water partition coefficient (Wildman–Crippen LogP) is 4.41. The van der Waals surface area contributed by atoms with Crippen LogP contribution in [0.25, 0.3) is 0 Å². The number of hydrogen-bond acceptors (Lipinski definition) is 1. The molecule has 2 unspecified atom stereocenters. The van der Waals surface area contributed by atoms with Gasteiger partial charge in [-0.2, -0.15) is 0 Å². The molecule has 0 amide bonds. The minimum Gasteiger partial charge on any atom is -0.383 e. The first kappa shape index (κ1) is 12.1. The molecule has 0 spiro atoms. The first-order valence-corrected chi connectivity index (χ1v) is 6.03. The van der Waals surface area contributed by atoms with Crippen LogP contribution in [0.3, 0.4) is 0 Å². The maximum Gasteiger partial charge on any atom is 0.0342 e. The molecule has 0 radical (unpaired) electrons. The van der Waals surface area contributed by atoms with Crippen LogP contribution >= 0.6 is 0 Å². The van der Waals surface area contributed by atoms with Gasteiger partial charge in [-0.05, 0) is 43.4 Å². The monoisotopic (exact) mass is 205 g/mol. The lowest BCUT2D eigenvalue weighted by Gasteiger charge is -2.14. The van der Waals surface area contributed by atoms with Gasteiger partial charge in [0.15, 0.2) is 0 Å². The minimum absolute atomic E-state index is 0.555. The Morgan fingerprint density at radius 3 is 2.07 bits per heavy atom. The lowest BCUT2D eigenvalue weighted by atomic mass is 9.98. The van der Waals surface area contributed by atoms with Crippen LogP contribution in [0.4, 0.5) is 5.69 Å². The number of nitrogens with one attached hydrogen (secondary N) is 1. The van der Waals surface area contributed by atoms with E-state index >= 15 is 0 Å². The van der Waals surface area contributed by atoms with Crippen LogP contribution in [0.5, 0.6) is 0 Å². The third kappa shape index (κ3) is 3.58. The Morgan fingerprint density at radius 2 is 1.60 bits per heavy atom. The van der Waals surface area contributed by atoms with E-state index in [9.17, 15) is 0 Å². The highest BCUT2D eigenvalue weighted by Gasteiger charge is 2.03. The van der Waals surface area contributed by atoms with Crippen molar-refractivity contribution in [1.82, 2.24) is 0 Å². The predicted molar refractivity (Wildman–Crippen MR) is 68.5 cm³/mol. The molecule has 84 valence electrons. The second-order valence-electron chi connectivity index (χ2n) is 4.38. The van der Waals surface area contributed by atoms with Crippen LogP contribution in [0.1, 0.15) is 52.0 Å². The van der Waals surface area contributed by atoms with E-state index in [1.165, 1.54) is 17.7 Å². The van der Waals surface area contributed by atoms with Crippen molar-refractivity contribution in [2.45, 2.75) is 52.5 Å². The summed E-state index contributed by atoms with van der Waals surface area (Å²) < 4.78 is 0. The van der Waals surface area contributed by atoms with Crippen molar-refractivity contribution < 1.29 is 0 Å². The topological polar surface area (TPSA) is 12.0 Å². The standard InChI is InChI=1S/C14H23N/c1-5-11(3)13-7-9-14(10-8-13)15-12(4)6-2/h7-12,15H,5-6H2,1-4H3. The highest BCUT2D eigenvalue weighted by atomic mass is 14.9. The van der Waals surface area contributed by atoms with Crippen LogP contribution in [0, 0.1) is 0 Å². The van der Waals surface area contributed by atoms with E-state index in [-0.39, 0.29) is 0 Å². The molecule has 1 nitrogen and oxygen atoms in total. The molecule has 0 aromatic heterocycles. The molecule has 15 heavy (non-hydrogen) atoms. The molecule has 0 bridgehead atoms. The molecule has 0 saturated carbocycles. The van der Waals surface area contributed by atoms with Crippen molar-refractivity contribution in [3.05, 3.63) is 29.8 Å². The van der Waals surface area contributed by atoms with Crippen molar-refractivity contribution in [2.75, 3.05) is 5.32 Å². The Hall–Kier alpha value is -0.980. The second kappa shape index (κ2) is 5.79. The molecule has 0 fully saturated rings. The Balaban J connectivity index is 2.64. The zero-order valence-electron chi connectivity index (χ0n) is 10.4. The van der Waals surface area contributed by atoms with E-state index in [1.807, 2.05) is 0 Å². The number of benzene rings is 1. The lowest BCUT2D eigenvalue weighted by molar-refractivity contribution is 0.733. The van der Waals surface area contributed by atoms with Crippen LogP contribution in [-0.2, 0) is 0 Å². The van der Waals surface area contributed by atoms with Gasteiger partial charge < -0.3 is 5.32 Å². The lowest BCUT2D eigenvalue weighted by Crippen LogP contribution is -2.13. The van der Waals surface area contributed by atoms with Crippen LogP contribution in [0.15, 0.2) is 24.3 Å². The smallest absolute Gasteiger partial charge is 0.0342 e. The van der Waals surface area contributed by atoms with Gasteiger partial charge in [0, 0.05) is 11.7 Å². The average Bonchev–Trinajstić information content (AvgIpc) is 2.29. The van der Waals surface area contributed by atoms with Crippen LogP contribution in [-0.4, -0.2) is 6.04 Å². The van der Waals surface area contributed by atoms with E-state index in [0.717, 1.165) is 6.42 Å². The molecule has 2 atom stereocenters. The van der Waals surface area contributed by atoms with Gasteiger partial charge in [-0.1, -0.05) is 32.9 Å². The fourth-order valence-corrected chi connectivity index (χ4v) is 1.53. The molecule has 0 aliphatic carbocycles. The highest BCUT2D eigenvalue weighted by Crippen LogP contribution is 2.20. The van der Waals surface area contributed by atoms with Gasteiger partial charge in [-0.15, -0.1) is 0 Å². The zero-order valence-corrected chi connectivity index (χ0v) is 10.4. The Bertz CT molecular complexity index is 276. The van der Waals surface area contributed by atoms with Gasteiger partial charge in [-0.25, -0.2) is 0 Å². The summed E-state index contributed by atoms with van der Waals surface area (Å²) in [7, 11) is 0. The molecule has 1 rings (SSSR count). The van der Waals surface area contributed by atoms with Crippen molar-refractivity contribution in [2.24, 2.45) is 0 Å². The van der Waals surface area contributed by atoms with Crippen molar-refractivity contribution in [3.8, 4) is 0 Å². The number of rotatable bonds is 5. The van der Waals surface area contributed by atoms with Crippen molar-refractivity contribution in [3.63, 3.8) is 0 Å². The van der Waals surface area contributed by atoms with Gasteiger partial charge >= 0.3 is 0 Å². The Labute approximate surface area is 93.9 Å². The molecule has 1 aromatic rings. The fraction of sp³-hybridized carbons (Fsp3) is 0.571. The van der Waals surface area contributed by atoms with E-state index in [1.54, 1.807) is 0 Å². The van der Waals surface area contributed by atoms with E-state index in [2.05, 4.69) is 57.3 Å². The summed E-state index contributed by atoms with van der Waals surface area (Å²) in [6.45, 7) is 8.92. The Morgan fingerprint density at radius 1 is 1.00 bits per heavy atom. The normalized spacial score (nSPS) is 14.7. The largest absolute Gasteiger partial charge is 0.383 e. The van der Waals surface area contributed by atoms with Gasteiger partial charge in [-0.3, -0.25) is 0 Å². The van der Waals surface area contributed by atoms with E-state index < -0.39 is 0 Å². The Kier molecular flexibility index (Phi) is 4.67. The van der Waals surface area contributed by atoms with E-state index in [0.29, 0.717) is 12.0 Å². The SMILES string of the molecule is CCC(C)Nc1ccc(C(C)CC)cc1. The van der Waals surface area contributed by atoms with Crippen LogP contribution < -0.4 is 5.32 Å². The second-order valence-corrected chi connectivity index (χ2v) is 4.38. The van der Waals surface area contributed by atoms with Crippen molar-refractivity contribution in [1.29, 1.82) is 0 Å². The zero-order chi connectivity index (χ0) is 11.3. The molecular weight excluding hydrogens is 182 g/mol. The summed E-state index contributed by atoms with van der Waals surface area (Å²) in [5, 5.41) is 3.48. The average molecular weight is 205 g/mol. The summed E-state index contributed by atoms with van der Waals surface area (Å²) in [6.07, 6.45) is 2.37. The molecule has 0 heterocycles. The summed E-state index contributed by atoms with van der Waals surface area (Å²) in [6, 6.07) is 9.40. The van der Waals surface area contributed by atoms with Gasteiger partial charge in [0.05, 0.1) is 0 Å². The van der Waals surface area contributed by atoms with Crippen LogP contribution in [0.2, 0.25) is 0 Å². The molecule has 1 N–H and O–H groups in total. The molecule has 1 heteroatoms. The molecule has 1 aromatic carbocycles. The first-order chi connectivity index (χ1) is 7.17. The minimum atomic E-state index is 0.555. The maximum atomic E-state index is 3.48. The quantitative estimate of drug-likeness (QED) is 0.750. The highest BCUT2D eigenvalue weighted by molar-refractivity contribution is 5.45. The summed E-state index contributed by atoms with van der Waals surface area (Å²) in [4.78, 5) is 0. The number of hydrogen-bond donors (Lipinski definition) is 1. The van der Waals surface area contributed by atoms with Gasteiger partial charge in [0.2, 0.25) is 0 Å². The van der Waals surface area contributed by atoms with Gasteiger partial charge in [0.1, 0.15) is 0 Å². The molecule has 0 aliphatic rings. The summed E-state index contributed by atoms with van der Waals surface area (Å²) >= 11 is 0. The molecule has 0 saturated heterocycles. The first-order valence-electron chi connectivity index (χ1n) is 6.03. The van der Waals surface area contributed by atoms with Crippen molar-refractivity contribution >= 4 is 5.69 Å². The van der Waals surface area contributed by atoms with E-state index in [4.69, 9.17) is 0 Å².